The highest BCUT2D eigenvalue weighted by Crippen LogP contribution is 2.41. The Morgan fingerprint density at radius 1 is 0.810 bits per heavy atom. The number of thiophene rings is 1. The van der Waals surface area contributed by atoms with Crippen LogP contribution in [0.4, 0.5) is 0 Å². The minimum absolute atomic E-state index is 1.12. The number of fused-ring (bicyclic) bond motifs is 7. The van der Waals surface area contributed by atoms with Crippen LogP contribution in [0.3, 0.4) is 0 Å². The van der Waals surface area contributed by atoms with Gasteiger partial charge in [0.1, 0.15) is 0 Å². The molecule has 3 aromatic carbocycles. The molecule has 0 amide bonds. The summed E-state index contributed by atoms with van der Waals surface area (Å²) in [5, 5.41) is 5.33. The highest BCUT2D eigenvalue weighted by molar-refractivity contribution is 9.10. The first-order valence-corrected chi connectivity index (χ1v) is 8.43. The van der Waals surface area contributed by atoms with Crippen molar-refractivity contribution in [1.29, 1.82) is 0 Å². The first-order chi connectivity index (χ1) is 10.3. The van der Waals surface area contributed by atoms with E-state index in [1.165, 1.54) is 42.0 Å². The normalized spacial score (nSPS) is 12.0. The summed E-state index contributed by atoms with van der Waals surface area (Å²) in [7, 11) is 0. The van der Waals surface area contributed by atoms with Gasteiger partial charge in [-0.3, -0.25) is 0 Å². The third kappa shape index (κ3) is 1.56. The predicted octanol–water partition coefficient (Wildman–Crippen LogP) is 6.45. The third-order valence-electron chi connectivity index (χ3n) is 4.07. The number of nitrogens with one attached hydrogen (secondary N) is 1. The van der Waals surface area contributed by atoms with E-state index in [-0.39, 0.29) is 0 Å². The van der Waals surface area contributed by atoms with Crippen molar-refractivity contribution >= 4 is 69.2 Å². The van der Waals surface area contributed by atoms with E-state index in [9.17, 15) is 0 Å². The van der Waals surface area contributed by atoms with Gasteiger partial charge in [-0.15, -0.1) is 11.3 Å². The molecule has 5 aromatic rings. The second-order valence-electron chi connectivity index (χ2n) is 5.28. The van der Waals surface area contributed by atoms with Gasteiger partial charge in [-0.05, 0) is 30.3 Å². The zero-order valence-electron chi connectivity index (χ0n) is 11.0. The number of hydrogen-bond donors (Lipinski definition) is 1. The third-order valence-corrected chi connectivity index (χ3v) is 5.76. The Hall–Kier alpha value is -1.84. The van der Waals surface area contributed by atoms with E-state index in [1.807, 2.05) is 11.3 Å². The van der Waals surface area contributed by atoms with E-state index in [4.69, 9.17) is 0 Å². The summed E-state index contributed by atoms with van der Waals surface area (Å²) in [6.45, 7) is 0. The van der Waals surface area contributed by atoms with Crippen LogP contribution in [-0.2, 0) is 0 Å². The van der Waals surface area contributed by atoms with Crippen LogP contribution in [-0.4, -0.2) is 4.98 Å². The molecule has 0 saturated heterocycles. The molecule has 21 heavy (non-hydrogen) atoms. The summed E-state index contributed by atoms with van der Waals surface area (Å²) >= 11 is 5.47. The maximum Gasteiger partial charge on any atom is 0.0479 e. The molecule has 5 rings (SSSR count). The second kappa shape index (κ2) is 4.09. The molecule has 1 nitrogen and oxygen atoms in total. The van der Waals surface area contributed by atoms with E-state index in [2.05, 4.69) is 75.5 Å². The van der Waals surface area contributed by atoms with Gasteiger partial charge >= 0.3 is 0 Å². The molecule has 0 saturated carbocycles. The molecule has 0 atom stereocenters. The predicted molar refractivity (Wildman–Crippen MR) is 96.4 cm³/mol. The highest BCUT2D eigenvalue weighted by atomic mass is 79.9. The lowest BCUT2D eigenvalue weighted by atomic mass is 10.1. The molecule has 0 radical (unpaired) electrons. The van der Waals surface area contributed by atoms with Crippen molar-refractivity contribution in [3.05, 3.63) is 59.1 Å². The molecule has 0 aliphatic carbocycles. The zero-order chi connectivity index (χ0) is 14.0. The zero-order valence-corrected chi connectivity index (χ0v) is 13.4. The quantitative estimate of drug-likeness (QED) is 0.330. The Balaban J connectivity index is 2.11. The molecular formula is C18H10BrNS. The second-order valence-corrected chi connectivity index (χ2v) is 7.25. The van der Waals surface area contributed by atoms with Crippen LogP contribution in [0.25, 0.3) is 42.0 Å². The van der Waals surface area contributed by atoms with Crippen molar-refractivity contribution in [2.24, 2.45) is 0 Å². The van der Waals surface area contributed by atoms with E-state index in [1.54, 1.807) is 0 Å². The Kier molecular flexibility index (Phi) is 2.29. The van der Waals surface area contributed by atoms with Gasteiger partial charge in [-0.25, -0.2) is 0 Å². The van der Waals surface area contributed by atoms with E-state index in [0.717, 1.165) is 4.47 Å². The molecule has 0 aliphatic rings. The molecule has 0 fully saturated rings. The minimum atomic E-state index is 1.12. The van der Waals surface area contributed by atoms with Crippen molar-refractivity contribution in [2.75, 3.05) is 0 Å². The fourth-order valence-electron chi connectivity index (χ4n) is 3.14. The van der Waals surface area contributed by atoms with E-state index >= 15 is 0 Å². The standard InChI is InChI=1S/C18H10BrNS/c19-10-5-7-14-13(9-10)17-15(20-14)8-6-12-11-3-1-2-4-16(11)21-18(12)17/h1-9,20H. The molecular weight excluding hydrogens is 342 g/mol. The summed E-state index contributed by atoms with van der Waals surface area (Å²) in [6, 6.07) is 19.5. The van der Waals surface area contributed by atoms with Crippen LogP contribution in [0.2, 0.25) is 0 Å². The summed E-state index contributed by atoms with van der Waals surface area (Å²) in [5.41, 5.74) is 2.40. The maximum atomic E-state index is 3.59. The minimum Gasteiger partial charge on any atom is -0.354 e. The van der Waals surface area contributed by atoms with Crippen molar-refractivity contribution in [3.8, 4) is 0 Å². The molecule has 0 aliphatic heterocycles. The molecule has 2 heterocycles. The van der Waals surface area contributed by atoms with Gasteiger partial charge in [0.2, 0.25) is 0 Å². The average Bonchev–Trinajstić information content (AvgIpc) is 3.04. The van der Waals surface area contributed by atoms with Gasteiger partial charge in [-0.2, -0.15) is 0 Å². The van der Waals surface area contributed by atoms with Crippen LogP contribution in [0.5, 0.6) is 0 Å². The van der Waals surface area contributed by atoms with Crippen molar-refractivity contribution < 1.29 is 0 Å². The van der Waals surface area contributed by atoms with Crippen molar-refractivity contribution in [3.63, 3.8) is 0 Å². The Morgan fingerprint density at radius 2 is 1.67 bits per heavy atom. The molecule has 2 aromatic heterocycles. The summed E-state index contributed by atoms with van der Waals surface area (Å²) < 4.78 is 3.84. The Labute approximate surface area is 133 Å². The number of halogens is 1. The lowest BCUT2D eigenvalue weighted by molar-refractivity contribution is 1.55. The largest absolute Gasteiger partial charge is 0.354 e. The van der Waals surface area contributed by atoms with Crippen LogP contribution >= 0.6 is 27.3 Å². The molecule has 3 heteroatoms. The average molecular weight is 352 g/mol. The molecule has 0 bridgehead atoms. The number of aromatic amines is 1. The van der Waals surface area contributed by atoms with Gasteiger partial charge in [0.05, 0.1) is 0 Å². The van der Waals surface area contributed by atoms with Crippen LogP contribution in [0.1, 0.15) is 0 Å². The van der Waals surface area contributed by atoms with Gasteiger partial charge in [0.15, 0.2) is 0 Å². The molecule has 0 unspecified atom stereocenters. The number of hydrogen-bond acceptors (Lipinski definition) is 1. The number of aromatic nitrogens is 1. The lowest BCUT2D eigenvalue weighted by Crippen LogP contribution is -1.69. The molecule has 1 N–H and O–H groups in total. The fraction of sp³-hybridized carbons (Fsp3) is 0. The van der Waals surface area contributed by atoms with Crippen LogP contribution in [0, 0.1) is 0 Å². The van der Waals surface area contributed by atoms with Gasteiger partial charge in [0.25, 0.3) is 0 Å². The first kappa shape index (κ1) is 11.8. The van der Waals surface area contributed by atoms with E-state index < -0.39 is 0 Å². The summed E-state index contributed by atoms with van der Waals surface area (Å²) in [4.78, 5) is 3.53. The topological polar surface area (TPSA) is 15.8 Å². The summed E-state index contributed by atoms with van der Waals surface area (Å²) in [5.74, 6) is 0. The molecule has 100 valence electrons. The number of rotatable bonds is 0. The van der Waals surface area contributed by atoms with Gasteiger partial charge < -0.3 is 4.98 Å². The number of benzene rings is 3. The Bertz CT molecular complexity index is 1150. The smallest absolute Gasteiger partial charge is 0.0479 e. The fourth-order valence-corrected chi connectivity index (χ4v) is 4.76. The Morgan fingerprint density at radius 3 is 2.62 bits per heavy atom. The highest BCUT2D eigenvalue weighted by Gasteiger charge is 2.12. The van der Waals surface area contributed by atoms with Crippen molar-refractivity contribution in [1.82, 2.24) is 4.98 Å². The SMILES string of the molecule is Brc1ccc2[nH]c3ccc4c5ccccc5sc4c3c2c1. The van der Waals surface area contributed by atoms with Crippen LogP contribution < -0.4 is 0 Å². The first-order valence-electron chi connectivity index (χ1n) is 6.82. The lowest BCUT2D eigenvalue weighted by Gasteiger charge is -1.95. The maximum absolute atomic E-state index is 3.59. The van der Waals surface area contributed by atoms with Crippen molar-refractivity contribution in [2.45, 2.75) is 0 Å². The summed E-state index contributed by atoms with van der Waals surface area (Å²) in [6.07, 6.45) is 0. The monoisotopic (exact) mass is 351 g/mol. The van der Waals surface area contributed by atoms with Gasteiger partial charge in [-0.1, -0.05) is 40.2 Å². The molecule has 0 spiro atoms. The van der Waals surface area contributed by atoms with Gasteiger partial charge in [0, 0.05) is 46.5 Å². The van der Waals surface area contributed by atoms with E-state index in [0.29, 0.717) is 0 Å². The number of H-pyrrole nitrogens is 1. The van der Waals surface area contributed by atoms with Crippen LogP contribution in [0.15, 0.2) is 59.1 Å².